The van der Waals surface area contributed by atoms with E-state index in [1.165, 1.54) is 21.3 Å². The van der Waals surface area contributed by atoms with E-state index in [1.807, 2.05) is 0 Å². The summed E-state index contributed by atoms with van der Waals surface area (Å²) in [4.78, 5) is 13.8. The Bertz CT molecular complexity index is 665. The van der Waals surface area contributed by atoms with Gasteiger partial charge in [-0.15, -0.1) is 0 Å². The Hall–Kier alpha value is -1.67. The lowest BCUT2D eigenvalue weighted by Crippen LogP contribution is -2.47. The molecular formula is C15H21FN2O4S. The molecule has 1 unspecified atom stereocenters. The molecule has 0 aliphatic carbocycles. The summed E-state index contributed by atoms with van der Waals surface area (Å²) >= 11 is 0. The van der Waals surface area contributed by atoms with E-state index in [1.54, 1.807) is 19.2 Å². The molecule has 1 aliphatic heterocycles. The summed E-state index contributed by atoms with van der Waals surface area (Å²) in [6, 6.07) is 5.39. The summed E-state index contributed by atoms with van der Waals surface area (Å²) in [7, 11) is -1.81. The van der Waals surface area contributed by atoms with E-state index in [0.29, 0.717) is 19.4 Å². The van der Waals surface area contributed by atoms with Gasteiger partial charge in [-0.2, -0.15) is 4.31 Å². The molecule has 1 aromatic rings. The Labute approximate surface area is 135 Å². The van der Waals surface area contributed by atoms with Crippen LogP contribution in [0.2, 0.25) is 0 Å². The zero-order valence-electron chi connectivity index (χ0n) is 13.2. The normalized spacial score (nSPS) is 18.8. The summed E-state index contributed by atoms with van der Waals surface area (Å²) in [5.41, 5.74) is 0. The van der Waals surface area contributed by atoms with Crippen molar-refractivity contribution in [3.05, 3.63) is 30.1 Å². The lowest BCUT2D eigenvalue weighted by atomic mass is 10.2. The van der Waals surface area contributed by atoms with Crippen molar-refractivity contribution in [2.24, 2.45) is 0 Å². The maximum absolute atomic E-state index is 13.4. The molecule has 8 heteroatoms. The molecule has 0 N–H and O–H groups in total. The second kappa shape index (κ2) is 7.27. The van der Waals surface area contributed by atoms with E-state index in [2.05, 4.69) is 0 Å². The molecule has 0 saturated carbocycles. The smallest absolute Gasteiger partial charge is 0.240 e. The Morgan fingerprint density at radius 3 is 2.78 bits per heavy atom. The lowest BCUT2D eigenvalue weighted by Gasteiger charge is -2.26. The third-order valence-electron chi connectivity index (χ3n) is 3.81. The summed E-state index contributed by atoms with van der Waals surface area (Å²) in [5.74, 6) is -0.586. The van der Waals surface area contributed by atoms with E-state index in [9.17, 15) is 17.6 Å². The Balaban J connectivity index is 1.89. The third-order valence-corrected chi connectivity index (χ3v) is 5.10. The number of sulfonamides is 1. The van der Waals surface area contributed by atoms with Crippen molar-refractivity contribution in [2.45, 2.75) is 18.9 Å². The highest BCUT2D eigenvalue weighted by atomic mass is 32.2. The minimum absolute atomic E-state index is 0.131. The largest absolute Gasteiger partial charge is 0.489 e. The summed E-state index contributed by atoms with van der Waals surface area (Å²) in [6.07, 6.45) is 2.30. The van der Waals surface area contributed by atoms with Crippen molar-refractivity contribution in [1.29, 1.82) is 0 Å². The van der Waals surface area contributed by atoms with Gasteiger partial charge < -0.3 is 9.64 Å². The average molecular weight is 344 g/mol. The molecule has 1 fully saturated rings. The standard InChI is InChI=1S/C15H21FN2O4S/c1-17(10-11-22-14-8-4-3-6-12(14)16)15(19)13-7-5-9-18(13)23(2,20)21/h3-4,6,8,13H,5,7,9-11H2,1-2H3. The van der Waals surface area contributed by atoms with Crippen LogP contribution >= 0.6 is 0 Å². The molecule has 1 heterocycles. The molecular weight excluding hydrogens is 323 g/mol. The van der Waals surface area contributed by atoms with Gasteiger partial charge in [0.2, 0.25) is 15.9 Å². The van der Waals surface area contributed by atoms with Crippen LogP contribution in [0.3, 0.4) is 0 Å². The summed E-state index contributed by atoms with van der Waals surface area (Å²) in [6.45, 7) is 0.755. The predicted molar refractivity (Wildman–Crippen MR) is 84.1 cm³/mol. The molecule has 0 spiro atoms. The number of hydrogen-bond acceptors (Lipinski definition) is 4. The number of ether oxygens (including phenoxy) is 1. The molecule has 1 aromatic carbocycles. The summed E-state index contributed by atoms with van der Waals surface area (Å²) in [5, 5.41) is 0. The summed E-state index contributed by atoms with van der Waals surface area (Å²) < 4.78 is 43.4. The van der Waals surface area contributed by atoms with Gasteiger partial charge in [0, 0.05) is 13.6 Å². The molecule has 2 rings (SSSR count). The van der Waals surface area contributed by atoms with E-state index >= 15 is 0 Å². The molecule has 1 atom stereocenters. The van der Waals surface area contributed by atoms with Gasteiger partial charge in [0.25, 0.3) is 0 Å². The van der Waals surface area contributed by atoms with Gasteiger partial charge in [0.05, 0.1) is 12.8 Å². The Morgan fingerprint density at radius 2 is 2.13 bits per heavy atom. The Morgan fingerprint density at radius 1 is 1.43 bits per heavy atom. The highest BCUT2D eigenvalue weighted by Gasteiger charge is 2.37. The molecule has 23 heavy (non-hydrogen) atoms. The lowest BCUT2D eigenvalue weighted by molar-refractivity contribution is -0.133. The van der Waals surface area contributed by atoms with Crippen LogP contribution in [0.5, 0.6) is 5.75 Å². The maximum Gasteiger partial charge on any atom is 0.240 e. The average Bonchev–Trinajstić information content (AvgIpc) is 2.98. The highest BCUT2D eigenvalue weighted by Crippen LogP contribution is 2.22. The van der Waals surface area contributed by atoms with Gasteiger partial charge in [-0.1, -0.05) is 12.1 Å². The van der Waals surface area contributed by atoms with Crippen molar-refractivity contribution in [1.82, 2.24) is 9.21 Å². The van der Waals surface area contributed by atoms with Crippen LogP contribution in [0.15, 0.2) is 24.3 Å². The first-order valence-electron chi connectivity index (χ1n) is 7.40. The number of carbonyl (C=O) groups is 1. The monoisotopic (exact) mass is 344 g/mol. The van der Waals surface area contributed by atoms with Gasteiger partial charge in [-0.25, -0.2) is 12.8 Å². The van der Waals surface area contributed by atoms with Gasteiger partial charge in [-0.3, -0.25) is 4.79 Å². The minimum Gasteiger partial charge on any atom is -0.489 e. The van der Waals surface area contributed by atoms with Gasteiger partial charge in [-0.05, 0) is 25.0 Å². The molecule has 0 radical (unpaired) electrons. The second-order valence-corrected chi connectivity index (χ2v) is 7.51. The van der Waals surface area contributed by atoms with Crippen LogP contribution in [0.1, 0.15) is 12.8 Å². The molecule has 1 aliphatic rings. The van der Waals surface area contributed by atoms with Crippen LogP contribution in [0.25, 0.3) is 0 Å². The number of carbonyl (C=O) groups excluding carboxylic acids is 1. The number of para-hydroxylation sites is 1. The van der Waals surface area contributed by atoms with Crippen molar-refractivity contribution in [3.63, 3.8) is 0 Å². The number of hydrogen-bond donors (Lipinski definition) is 0. The van der Waals surface area contributed by atoms with Crippen LogP contribution in [0, 0.1) is 5.82 Å². The fourth-order valence-electron chi connectivity index (χ4n) is 2.60. The number of halogens is 1. The zero-order valence-corrected chi connectivity index (χ0v) is 14.1. The van der Waals surface area contributed by atoms with Crippen molar-refractivity contribution < 1.29 is 22.3 Å². The maximum atomic E-state index is 13.4. The third kappa shape index (κ3) is 4.42. The van der Waals surface area contributed by atoms with E-state index in [4.69, 9.17) is 4.74 Å². The van der Waals surface area contributed by atoms with Crippen molar-refractivity contribution >= 4 is 15.9 Å². The number of rotatable bonds is 6. The highest BCUT2D eigenvalue weighted by molar-refractivity contribution is 7.88. The molecule has 1 saturated heterocycles. The van der Waals surface area contributed by atoms with Gasteiger partial charge in [0.1, 0.15) is 12.6 Å². The molecule has 128 valence electrons. The topological polar surface area (TPSA) is 66.9 Å². The first-order valence-corrected chi connectivity index (χ1v) is 9.24. The molecule has 0 aromatic heterocycles. The fourth-order valence-corrected chi connectivity index (χ4v) is 3.72. The first-order chi connectivity index (χ1) is 10.8. The van der Waals surface area contributed by atoms with E-state index in [-0.39, 0.29) is 24.8 Å². The van der Waals surface area contributed by atoms with E-state index < -0.39 is 21.9 Å². The number of benzene rings is 1. The molecule has 1 amide bonds. The molecule has 6 nitrogen and oxygen atoms in total. The van der Waals surface area contributed by atoms with Crippen molar-refractivity contribution in [3.8, 4) is 5.75 Å². The Kier molecular flexibility index (Phi) is 5.59. The number of amides is 1. The van der Waals surface area contributed by atoms with Crippen LogP contribution < -0.4 is 4.74 Å². The van der Waals surface area contributed by atoms with E-state index in [0.717, 1.165) is 6.26 Å². The SMILES string of the molecule is CN(CCOc1ccccc1F)C(=O)C1CCCN1S(C)(=O)=O. The van der Waals surface area contributed by atoms with Gasteiger partial charge >= 0.3 is 0 Å². The van der Waals surface area contributed by atoms with Crippen LogP contribution in [-0.4, -0.2) is 62.6 Å². The van der Waals surface area contributed by atoms with Crippen LogP contribution in [0.4, 0.5) is 4.39 Å². The number of nitrogens with zero attached hydrogens (tertiary/aromatic N) is 2. The number of likely N-dealkylation sites (N-methyl/N-ethyl adjacent to an activating group) is 1. The quantitative estimate of drug-likeness (QED) is 0.775. The first kappa shape index (κ1) is 17.7. The van der Waals surface area contributed by atoms with Crippen LogP contribution in [-0.2, 0) is 14.8 Å². The second-order valence-electron chi connectivity index (χ2n) is 5.57. The fraction of sp³-hybridized carbons (Fsp3) is 0.533. The van der Waals surface area contributed by atoms with Gasteiger partial charge in [0.15, 0.2) is 11.6 Å². The molecule has 0 bridgehead atoms. The minimum atomic E-state index is -3.39. The van der Waals surface area contributed by atoms with Crippen molar-refractivity contribution in [2.75, 3.05) is 33.0 Å². The predicted octanol–water partition coefficient (Wildman–Crippen LogP) is 1.09. The zero-order chi connectivity index (χ0) is 17.0.